The predicted molar refractivity (Wildman–Crippen MR) is 75.7 cm³/mol. The van der Waals surface area contributed by atoms with E-state index in [1.54, 1.807) is 0 Å². The Labute approximate surface area is 147 Å². The summed E-state index contributed by atoms with van der Waals surface area (Å²) in [6, 6.07) is 0.818. The monoisotopic (exact) mass is 339 g/mol. The summed E-state index contributed by atoms with van der Waals surface area (Å²) in [7, 11) is -5.53. The van der Waals surface area contributed by atoms with Crippen LogP contribution >= 0.6 is 0 Å². The summed E-state index contributed by atoms with van der Waals surface area (Å²) >= 11 is 0. The van der Waals surface area contributed by atoms with Gasteiger partial charge in [0, 0.05) is 63.6 Å². The van der Waals surface area contributed by atoms with Crippen LogP contribution in [0.15, 0.2) is 0 Å². The molecule has 0 aliphatic rings. The van der Waals surface area contributed by atoms with Crippen LogP contribution in [0, 0.1) is 0 Å². The van der Waals surface area contributed by atoms with Crippen molar-refractivity contribution in [3.63, 3.8) is 0 Å². The molecule has 0 atom stereocenters. The molecule has 0 spiro atoms. The van der Waals surface area contributed by atoms with Gasteiger partial charge in [0.2, 0.25) is 0 Å². The van der Waals surface area contributed by atoms with Gasteiger partial charge in [-0.3, -0.25) is 4.46 Å². The quantitative estimate of drug-likeness (QED) is 0.480. The van der Waals surface area contributed by atoms with Crippen molar-refractivity contribution in [2.24, 2.45) is 5.73 Å². The molecule has 0 aromatic rings. The fraction of sp³-hybridized carbons (Fsp3) is 1.00. The minimum Gasteiger partial charge on any atom is -0.511 e. The van der Waals surface area contributed by atoms with Crippen LogP contribution in [-0.4, -0.2) is 91.7 Å². The third-order valence-corrected chi connectivity index (χ3v) is 4.93. The van der Waals surface area contributed by atoms with Crippen LogP contribution < -0.4 is 5.73 Å². The van der Waals surface area contributed by atoms with Gasteiger partial charge in [0.25, 0.3) is 0 Å². The normalized spacial score (nSPS) is 10.1. The van der Waals surface area contributed by atoms with E-state index in [1.165, 1.54) is 0 Å². The molecule has 7 nitrogen and oxygen atoms in total. The van der Waals surface area contributed by atoms with Gasteiger partial charge in [0.1, 0.15) is 0 Å². The van der Waals surface area contributed by atoms with Gasteiger partial charge in [-0.25, -0.2) is 0 Å². The summed E-state index contributed by atoms with van der Waals surface area (Å²) in [6.45, 7) is 8.44. The third kappa shape index (κ3) is 16.9. The van der Waals surface area contributed by atoms with E-state index < -0.39 is 18.0 Å². The van der Waals surface area contributed by atoms with E-state index in [2.05, 4.69) is 0 Å². The van der Waals surface area contributed by atoms with Crippen LogP contribution in [0.1, 0.15) is 27.2 Å². The maximum absolute atomic E-state index is 8.74. The van der Waals surface area contributed by atoms with E-state index in [-0.39, 0.29) is 37.7 Å². The molecule has 19 heavy (non-hydrogen) atoms. The van der Waals surface area contributed by atoms with Crippen LogP contribution in [0.5, 0.6) is 0 Å². The summed E-state index contributed by atoms with van der Waals surface area (Å²) in [5, 5.41) is 0. The first-order valence-electron chi connectivity index (χ1n) is 6.01. The summed E-state index contributed by atoms with van der Waals surface area (Å²) in [4.78, 5) is 14.3. The molecule has 10 heteroatoms. The average molecular weight is 340 g/mol. The minimum atomic E-state index is -3.13. The Morgan fingerprint density at radius 1 is 1.05 bits per heavy atom. The van der Waals surface area contributed by atoms with Gasteiger partial charge in [-0.1, -0.05) is 0 Å². The summed E-state index contributed by atoms with van der Waals surface area (Å²) in [5.74, 6) is 0. The Morgan fingerprint density at radius 3 is 1.58 bits per heavy atom. The zero-order valence-electron chi connectivity index (χ0n) is 12.1. The maximum Gasteiger partial charge on any atom is 0.761 e. The Bertz CT molecular complexity index is 192. The van der Waals surface area contributed by atoms with Crippen molar-refractivity contribution in [3.05, 3.63) is 0 Å². The van der Waals surface area contributed by atoms with Crippen LogP contribution in [0.4, 0.5) is 0 Å². The number of hydrogen-bond donors (Lipinski definition) is 3. The molecular formula is C9H25CaNO6Si2. The smallest absolute Gasteiger partial charge is 0.511 e. The zero-order chi connectivity index (χ0) is 14.4. The molecule has 0 aromatic carbocycles. The van der Waals surface area contributed by atoms with Crippen LogP contribution in [0.3, 0.4) is 0 Å². The summed E-state index contributed by atoms with van der Waals surface area (Å²) < 4.78 is 25.7. The molecular weight excluding hydrogens is 314 g/mol. The van der Waals surface area contributed by atoms with Crippen LogP contribution in [0.2, 0.25) is 6.04 Å². The molecule has 0 saturated heterocycles. The van der Waals surface area contributed by atoms with Crippen molar-refractivity contribution in [2.75, 3.05) is 26.4 Å². The molecule has 0 rings (SSSR count). The molecule has 4 N–H and O–H groups in total. The fourth-order valence-electron chi connectivity index (χ4n) is 1.32. The largest absolute Gasteiger partial charge is 0.761 e. The second-order valence-corrected chi connectivity index (χ2v) is 6.45. The molecule has 2 radical (unpaired) electrons. The predicted octanol–water partition coefficient (Wildman–Crippen LogP) is -0.611. The van der Waals surface area contributed by atoms with Crippen molar-refractivity contribution in [1.29, 1.82) is 0 Å². The molecule has 0 unspecified atom stereocenters. The minimum absolute atomic E-state index is 0. The van der Waals surface area contributed by atoms with Crippen molar-refractivity contribution in [3.8, 4) is 0 Å². The Morgan fingerprint density at radius 2 is 1.37 bits per heavy atom. The van der Waals surface area contributed by atoms with Crippen molar-refractivity contribution in [2.45, 2.75) is 33.2 Å². The summed E-state index contributed by atoms with van der Waals surface area (Å²) in [5.41, 5.74) is 5.48. The van der Waals surface area contributed by atoms with E-state index >= 15 is 0 Å². The van der Waals surface area contributed by atoms with Gasteiger partial charge in [-0.15, -0.1) is 0 Å². The second-order valence-electron chi connectivity index (χ2n) is 3.16. The van der Waals surface area contributed by atoms with Gasteiger partial charge < -0.3 is 28.6 Å². The van der Waals surface area contributed by atoms with E-state index in [1.807, 2.05) is 20.8 Å². The topological polar surface area (TPSA) is 111 Å². The van der Waals surface area contributed by atoms with Crippen LogP contribution in [-0.2, 0) is 17.7 Å². The zero-order valence-corrected chi connectivity index (χ0v) is 16.3. The number of hydrogen-bond acceptors (Lipinski definition) is 5. The third-order valence-electron chi connectivity index (χ3n) is 1.78. The Hall–Kier alpha value is 0.934. The van der Waals surface area contributed by atoms with Gasteiger partial charge in [-0.05, 0) is 33.7 Å². The maximum atomic E-state index is 8.74. The van der Waals surface area contributed by atoms with E-state index in [0.29, 0.717) is 26.4 Å². The first-order valence-corrected chi connectivity index (χ1v) is 9.25. The molecule has 0 aliphatic heterocycles. The average Bonchev–Trinajstić information content (AvgIpc) is 2.27. The van der Waals surface area contributed by atoms with Gasteiger partial charge >= 0.3 is 18.0 Å². The first-order chi connectivity index (χ1) is 8.47. The second kappa shape index (κ2) is 17.0. The molecule has 0 aromatic heterocycles. The van der Waals surface area contributed by atoms with Gasteiger partial charge in [0.05, 0.1) is 0 Å². The van der Waals surface area contributed by atoms with Crippen molar-refractivity contribution < 1.29 is 27.3 Å². The first kappa shape index (κ1) is 24.9. The Balaban J connectivity index is -0.000000448. The van der Waals surface area contributed by atoms with Crippen molar-refractivity contribution in [1.82, 2.24) is 0 Å². The standard InChI is InChI=1S/C9H23NO3Si.Ca.H2O3Si/c1-4-11-14(12-5-2,13-6-3)9-7-8-10;;1-4(2)3/h4-10H2,1-3H3;;1-2H. The Kier molecular flexibility index (Phi) is 22.3. The molecule has 0 bridgehead atoms. The van der Waals surface area contributed by atoms with Gasteiger partial charge in [0.15, 0.2) is 0 Å². The molecule has 0 fully saturated rings. The fourth-order valence-corrected chi connectivity index (χ4v) is 3.96. The van der Waals surface area contributed by atoms with E-state index in [0.717, 1.165) is 12.5 Å². The molecule has 0 amide bonds. The van der Waals surface area contributed by atoms with Crippen LogP contribution in [0.25, 0.3) is 0 Å². The summed E-state index contributed by atoms with van der Waals surface area (Å²) in [6.07, 6.45) is 0.895. The molecule has 0 aliphatic carbocycles. The SMILES string of the molecule is CCO[Si](CCCN)(OCC)OCC.O=[Si](O)O.[Ca]. The molecule has 112 valence electrons. The van der Waals surface area contributed by atoms with E-state index in [9.17, 15) is 0 Å². The van der Waals surface area contributed by atoms with E-state index in [4.69, 9.17) is 33.1 Å². The number of nitrogens with two attached hydrogens (primary N) is 1. The number of rotatable bonds is 9. The molecule has 0 saturated carbocycles. The molecule has 0 heterocycles. The van der Waals surface area contributed by atoms with Gasteiger partial charge in [-0.2, -0.15) is 0 Å². The van der Waals surface area contributed by atoms with Crippen molar-refractivity contribution >= 4 is 55.7 Å².